The van der Waals surface area contributed by atoms with E-state index in [-0.39, 0.29) is 0 Å². The quantitative estimate of drug-likeness (QED) is 0.180. The third-order valence-electron chi connectivity index (χ3n) is 11.0. The van der Waals surface area contributed by atoms with Crippen molar-refractivity contribution in [3.05, 3.63) is 180 Å². The first-order valence-electron chi connectivity index (χ1n) is 18.6. The second-order valence-corrected chi connectivity index (χ2v) is 14.5. The van der Waals surface area contributed by atoms with Crippen LogP contribution in [0.15, 0.2) is 158 Å². The first-order valence-corrected chi connectivity index (χ1v) is 18.6. The highest BCUT2D eigenvalue weighted by Crippen LogP contribution is 2.39. The van der Waals surface area contributed by atoms with E-state index in [1.165, 1.54) is 66.0 Å². The predicted octanol–water partition coefficient (Wildman–Crippen LogP) is 12.9. The summed E-state index contributed by atoms with van der Waals surface area (Å²) in [7, 11) is 0. The van der Waals surface area contributed by atoms with Gasteiger partial charge in [0.15, 0.2) is 5.82 Å². The van der Waals surface area contributed by atoms with Crippen molar-refractivity contribution in [2.24, 2.45) is 0 Å². The number of hydrogen-bond acceptors (Lipinski definition) is 2. The molecule has 3 aromatic heterocycles. The van der Waals surface area contributed by atoms with Gasteiger partial charge in [0.1, 0.15) is 0 Å². The first kappa shape index (κ1) is 31.9. The molecule has 0 N–H and O–H groups in total. The molecule has 4 nitrogen and oxygen atoms in total. The Morgan fingerprint density at radius 2 is 0.852 bits per heavy atom. The van der Waals surface area contributed by atoms with Gasteiger partial charge in [-0.05, 0) is 105 Å². The van der Waals surface area contributed by atoms with Crippen molar-refractivity contribution in [3.63, 3.8) is 0 Å². The Hall–Kier alpha value is -6.78. The molecule has 0 fully saturated rings. The predicted molar refractivity (Wildman–Crippen MR) is 226 cm³/mol. The lowest BCUT2D eigenvalue weighted by Gasteiger charge is -2.17. The van der Waals surface area contributed by atoms with E-state index in [4.69, 9.17) is 9.97 Å². The molecule has 10 aromatic rings. The Bertz CT molecular complexity index is 2960. The van der Waals surface area contributed by atoms with Crippen LogP contribution >= 0.6 is 0 Å². The van der Waals surface area contributed by atoms with Crippen LogP contribution in [0.25, 0.3) is 88.9 Å². The Morgan fingerprint density at radius 3 is 1.46 bits per heavy atom. The molecule has 3 heterocycles. The van der Waals surface area contributed by atoms with Crippen LogP contribution in [0.2, 0.25) is 0 Å². The number of aromatic nitrogens is 4. The van der Waals surface area contributed by atoms with E-state index < -0.39 is 0 Å². The minimum atomic E-state index is 0.740. The van der Waals surface area contributed by atoms with Crippen LogP contribution < -0.4 is 0 Å². The fourth-order valence-electron chi connectivity index (χ4n) is 8.54. The number of nitrogens with zero attached hydrogens (tertiary/aromatic N) is 4. The Labute approximate surface area is 314 Å². The van der Waals surface area contributed by atoms with Gasteiger partial charge in [0, 0.05) is 43.9 Å². The Morgan fingerprint density at radius 1 is 0.370 bits per heavy atom. The molecule has 0 aliphatic carbocycles. The normalized spacial score (nSPS) is 11.7. The van der Waals surface area contributed by atoms with Gasteiger partial charge < -0.3 is 9.13 Å². The van der Waals surface area contributed by atoms with Gasteiger partial charge in [0.05, 0.1) is 39.1 Å². The van der Waals surface area contributed by atoms with Crippen molar-refractivity contribution >= 4 is 43.6 Å². The summed E-state index contributed by atoms with van der Waals surface area (Å²) in [4.78, 5) is 10.4. The maximum atomic E-state index is 5.22. The van der Waals surface area contributed by atoms with E-state index in [1.54, 1.807) is 0 Å². The van der Waals surface area contributed by atoms with E-state index in [1.807, 2.05) is 0 Å². The zero-order valence-corrected chi connectivity index (χ0v) is 30.8. The average molecular weight is 695 g/mol. The van der Waals surface area contributed by atoms with Crippen LogP contribution in [-0.2, 0) is 0 Å². The fraction of sp³-hybridized carbons (Fsp3) is 0.0800. The number of aryl methyl sites for hydroxylation is 4. The zero-order valence-electron chi connectivity index (χ0n) is 30.8. The highest BCUT2D eigenvalue weighted by Gasteiger charge is 2.20. The standard InChI is InChI=1S/C50H38N4/c1-31-15-5-7-17-37(31)44-30-43(51-50(52-44)38-18-8-6-16-32(38)2)35-27-33(3)49(34(4)28-35)54-47-24-14-11-21-41(47)42-29-36(25-26-48(42)54)53-45-22-12-9-19-39(45)40-20-10-13-23-46(40)53/h5-30H,1-4H3. The summed E-state index contributed by atoms with van der Waals surface area (Å²) in [6.45, 7) is 8.72. The van der Waals surface area contributed by atoms with Crippen LogP contribution in [-0.4, -0.2) is 19.1 Å². The van der Waals surface area contributed by atoms with Gasteiger partial charge in [-0.1, -0.05) is 103 Å². The topological polar surface area (TPSA) is 35.6 Å². The second-order valence-electron chi connectivity index (χ2n) is 14.5. The summed E-state index contributed by atoms with van der Waals surface area (Å²) in [5.74, 6) is 0.740. The van der Waals surface area contributed by atoms with Crippen LogP contribution in [0, 0.1) is 27.7 Å². The molecule has 0 saturated carbocycles. The van der Waals surface area contributed by atoms with E-state index in [2.05, 4.69) is 195 Å². The van der Waals surface area contributed by atoms with Crippen molar-refractivity contribution < 1.29 is 0 Å². The molecule has 0 spiro atoms. The summed E-state index contributed by atoms with van der Waals surface area (Å²) in [6.07, 6.45) is 0. The van der Waals surface area contributed by atoms with Crippen LogP contribution in [0.1, 0.15) is 22.3 Å². The maximum Gasteiger partial charge on any atom is 0.160 e. The summed E-state index contributed by atoms with van der Waals surface area (Å²) in [5.41, 5.74) is 17.0. The number of hydrogen-bond donors (Lipinski definition) is 0. The Kier molecular flexibility index (Phi) is 7.34. The van der Waals surface area contributed by atoms with E-state index in [0.29, 0.717) is 0 Å². The summed E-state index contributed by atoms with van der Waals surface area (Å²) in [6, 6.07) is 56.7. The molecule has 0 radical (unpaired) electrons. The lowest BCUT2D eigenvalue weighted by atomic mass is 9.99. The van der Waals surface area contributed by atoms with Crippen LogP contribution in [0.4, 0.5) is 0 Å². The van der Waals surface area contributed by atoms with Gasteiger partial charge in [-0.15, -0.1) is 0 Å². The lowest BCUT2D eigenvalue weighted by molar-refractivity contribution is 1.11. The zero-order chi connectivity index (χ0) is 36.5. The van der Waals surface area contributed by atoms with E-state index in [0.717, 1.165) is 45.2 Å². The van der Waals surface area contributed by atoms with Gasteiger partial charge in [-0.2, -0.15) is 0 Å². The smallest absolute Gasteiger partial charge is 0.160 e. The molecular weight excluding hydrogens is 657 g/mol. The molecule has 0 saturated heterocycles. The van der Waals surface area contributed by atoms with Crippen LogP contribution in [0.3, 0.4) is 0 Å². The van der Waals surface area contributed by atoms with Crippen molar-refractivity contribution in [1.82, 2.24) is 19.1 Å². The highest BCUT2D eigenvalue weighted by atomic mass is 15.0. The third kappa shape index (κ3) is 4.98. The van der Waals surface area contributed by atoms with E-state index in [9.17, 15) is 0 Å². The lowest BCUT2D eigenvalue weighted by Crippen LogP contribution is -2.02. The van der Waals surface area contributed by atoms with Gasteiger partial charge in [-0.25, -0.2) is 9.97 Å². The van der Waals surface area contributed by atoms with Crippen LogP contribution in [0.5, 0.6) is 0 Å². The van der Waals surface area contributed by atoms with Gasteiger partial charge in [-0.3, -0.25) is 0 Å². The average Bonchev–Trinajstić information content (AvgIpc) is 3.70. The number of fused-ring (bicyclic) bond motifs is 6. The first-order chi connectivity index (χ1) is 26.4. The van der Waals surface area contributed by atoms with Crippen molar-refractivity contribution in [1.29, 1.82) is 0 Å². The molecular formula is C50H38N4. The molecule has 0 aliphatic heterocycles. The molecule has 0 amide bonds. The highest BCUT2D eigenvalue weighted by molar-refractivity contribution is 6.12. The summed E-state index contributed by atoms with van der Waals surface area (Å²) >= 11 is 0. The minimum Gasteiger partial charge on any atom is -0.309 e. The summed E-state index contributed by atoms with van der Waals surface area (Å²) in [5, 5.41) is 5.00. The third-order valence-corrected chi connectivity index (χ3v) is 11.0. The molecule has 4 heteroatoms. The minimum absolute atomic E-state index is 0.740. The van der Waals surface area contributed by atoms with Gasteiger partial charge >= 0.3 is 0 Å². The maximum absolute atomic E-state index is 5.22. The van der Waals surface area contributed by atoms with Crippen molar-refractivity contribution in [2.45, 2.75) is 27.7 Å². The summed E-state index contributed by atoms with van der Waals surface area (Å²) < 4.78 is 4.85. The van der Waals surface area contributed by atoms with Crippen molar-refractivity contribution in [2.75, 3.05) is 0 Å². The van der Waals surface area contributed by atoms with Crippen molar-refractivity contribution in [3.8, 4) is 45.3 Å². The molecule has 0 bridgehead atoms. The van der Waals surface area contributed by atoms with Gasteiger partial charge in [0.2, 0.25) is 0 Å². The number of rotatable bonds is 5. The number of benzene rings is 7. The Balaban J connectivity index is 1.16. The molecule has 258 valence electrons. The molecule has 0 unspecified atom stereocenters. The molecule has 0 aliphatic rings. The molecule has 0 atom stereocenters. The fourth-order valence-corrected chi connectivity index (χ4v) is 8.54. The monoisotopic (exact) mass is 694 g/mol. The molecule has 10 rings (SSSR count). The number of para-hydroxylation sites is 3. The molecule has 7 aromatic carbocycles. The van der Waals surface area contributed by atoms with Gasteiger partial charge in [0.25, 0.3) is 0 Å². The molecule has 54 heavy (non-hydrogen) atoms. The van der Waals surface area contributed by atoms with E-state index >= 15 is 0 Å². The second kappa shape index (κ2) is 12.4. The largest absolute Gasteiger partial charge is 0.309 e. The SMILES string of the molecule is Cc1ccccc1-c1cc(-c2cc(C)c(-n3c4ccccc4c4cc(-n5c6ccccc6c6ccccc65)ccc43)c(C)c2)nc(-c2ccccc2C)n1.